The number of aliphatic imine (C=N–C) groups is 1. The molecular weight excluding hydrogens is 509 g/mol. The van der Waals surface area contributed by atoms with Gasteiger partial charge in [-0.25, -0.2) is 4.79 Å². The molecule has 8 nitrogen and oxygen atoms in total. The Labute approximate surface area is 202 Å². The number of aromatic nitrogens is 1. The molecule has 0 spiro atoms. The predicted molar refractivity (Wildman–Crippen MR) is 132 cm³/mol. The highest BCUT2D eigenvalue weighted by atomic mass is 127. The van der Waals surface area contributed by atoms with Gasteiger partial charge in [-0.15, -0.1) is 24.0 Å². The molecule has 0 aliphatic carbocycles. The monoisotopic (exact) mass is 545 g/mol. The number of ether oxygens (including phenoxy) is 2. The van der Waals surface area contributed by atoms with Crippen LogP contribution in [0.15, 0.2) is 29.5 Å². The molecule has 2 aliphatic rings. The van der Waals surface area contributed by atoms with Crippen LogP contribution in [-0.2, 0) is 16.0 Å². The second-order valence-electron chi connectivity index (χ2n) is 8.98. The summed E-state index contributed by atoms with van der Waals surface area (Å²) in [6.45, 7) is 7.38. The van der Waals surface area contributed by atoms with Crippen molar-refractivity contribution in [2.24, 2.45) is 4.99 Å². The summed E-state index contributed by atoms with van der Waals surface area (Å²) in [5.74, 6) is 0.784. The molecule has 2 bridgehead atoms. The molecule has 2 aliphatic heterocycles. The number of pyridine rings is 1. The molecule has 9 heteroatoms. The van der Waals surface area contributed by atoms with E-state index in [-0.39, 0.29) is 30.1 Å². The third kappa shape index (κ3) is 8.10. The van der Waals surface area contributed by atoms with Gasteiger partial charge in [-0.1, -0.05) is 6.07 Å². The van der Waals surface area contributed by atoms with Crippen molar-refractivity contribution >= 4 is 36.0 Å². The summed E-state index contributed by atoms with van der Waals surface area (Å²) < 4.78 is 11.5. The number of carbonyl (C=O) groups excluding carboxylic acids is 1. The molecule has 31 heavy (non-hydrogen) atoms. The van der Waals surface area contributed by atoms with Gasteiger partial charge in [-0.3, -0.25) is 9.98 Å². The number of guanidine groups is 1. The molecule has 0 saturated carbocycles. The van der Waals surface area contributed by atoms with Crippen LogP contribution >= 0.6 is 24.0 Å². The highest BCUT2D eigenvalue weighted by Gasteiger charge is 2.41. The zero-order valence-corrected chi connectivity index (χ0v) is 21.3. The van der Waals surface area contributed by atoms with Gasteiger partial charge in [0.15, 0.2) is 5.96 Å². The van der Waals surface area contributed by atoms with E-state index < -0.39 is 5.60 Å². The number of nitrogens with zero attached hydrogens (tertiary/aromatic N) is 3. The lowest BCUT2D eigenvalue weighted by Gasteiger charge is -2.28. The molecule has 2 fully saturated rings. The van der Waals surface area contributed by atoms with Crippen LogP contribution in [0.25, 0.3) is 0 Å². The third-order valence-corrected chi connectivity index (χ3v) is 5.30. The summed E-state index contributed by atoms with van der Waals surface area (Å²) in [6, 6.07) is 4.17. The van der Waals surface area contributed by atoms with E-state index in [0.717, 1.165) is 30.8 Å². The zero-order valence-electron chi connectivity index (χ0n) is 19.0. The van der Waals surface area contributed by atoms with Gasteiger partial charge in [-0.2, -0.15) is 0 Å². The fourth-order valence-corrected chi connectivity index (χ4v) is 3.91. The highest BCUT2D eigenvalue weighted by molar-refractivity contribution is 14.0. The van der Waals surface area contributed by atoms with Gasteiger partial charge in [0.2, 0.25) is 0 Å². The Morgan fingerprint density at radius 3 is 2.77 bits per heavy atom. The van der Waals surface area contributed by atoms with Gasteiger partial charge >= 0.3 is 6.09 Å². The van der Waals surface area contributed by atoms with Crippen LogP contribution in [0.2, 0.25) is 0 Å². The number of carbonyl (C=O) groups is 1. The van der Waals surface area contributed by atoms with Crippen LogP contribution in [0.5, 0.6) is 0 Å². The Morgan fingerprint density at radius 2 is 2.19 bits per heavy atom. The van der Waals surface area contributed by atoms with E-state index in [9.17, 15) is 4.79 Å². The highest BCUT2D eigenvalue weighted by Crippen LogP contribution is 2.34. The molecule has 1 amide bonds. The van der Waals surface area contributed by atoms with Crippen molar-refractivity contribution in [2.75, 3.05) is 20.1 Å². The molecule has 3 unspecified atom stereocenters. The first-order chi connectivity index (χ1) is 14.3. The average molecular weight is 545 g/mol. The van der Waals surface area contributed by atoms with Gasteiger partial charge in [-0.05, 0) is 58.1 Å². The Kier molecular flexibility index (Phi) is 9.80. The molecule has 1 aromatic rings. The molecule has 3 atom stereocenters. The first-order valence-corrected chi connectivity index (χ1v) is 10.8. The van der Waals surface area contributed by atoms with E-state index in [0.29, 0.717) is 37.9 Å². The smallest absolute Gasteiger partial charge is 0.410 e. The van der Waals surface area contributed by atoms with E-state index in [1.807, 2.05) is 32.9 Å². The Morgan fingerprint density at radius 1 is 1.39 bits per heavy atom. The Hall–Kier alpha value is -1.62. The van der Waals surface area contributed by atoms with Crippen molar-refractivity contribution in [3.63, 3.8) is 0 Å². The maximum atomic E-state index is 12.7. The summed E-state index contributed by atoms with van der Waals surface area (Å²) in [4.78, 5) is 22.9. The minimum Gasteiger partial charge on any atom is -0.444 e. The van der Waals surface area contributed by atoms with Gasteiger partial charge in [0.05, 0.1) is 24.8 Å². The second kappa shape index (κ2) is 11.8. The number of nitrogens with one attached hydrogen (secondary N) is 2. The fourth-order valence-electron chi connectivity index (χ4n) is 3.91. The summed E-state index contributed by atoms with van der Waals surface area (Å²) in [5, 5.41) is 6.83. The van der Waals surface area contributed by atoms with Gasteiger partial charge in [0.1, 0.15) is 5.60 Å². The lowest BCUT2D eigenvalue weighted by Crippen LogP contribution is -2.48. The minimum atomic E-state index is -0.531. The minimum absolute atomic E-state index is 0. The Balaban J connectivity index is 0.00000341. The molecule has 0 aromatic carbocycles. The van der Waals surface area contributed by atoms with Crippen LogP contribution < -0.4 is 10.6 Å². The number of rotatable bonds is 7. The van der Waals surface area contributed by atoms with Gasteiger partial charge in [0.25, 0.3) is 0 Å². The van der Waals surface area contributed by atoms with E-state index in [1.54, 1.807) is 24.3 Å². The van der Waals surface area contributed by atoms with E-state index in [2.05, 4.69) is 20.6 Å². The lowest BCUT2D eigenvalue weighted by atomic mass is 9.96. The van der Waals surface area contributed by atoms with E-state index >= 15 is 0 Å². The number of halogens is 1. The molecular formula is C22H36IN5O3. The molecule has 2 N–H and O–H groups in total. The number of fused-ring (bicyclic) bond motifs is 2. The third-order valence-electron chi connectivity index (χ3n) is 5.30. The predicted octanol–water partition coefficient (Wildman–Crippen LogP) is 3.31. The van der Waals surface area contributed by atoms with Crippen LogP contribution in [0.3, 0.4) is 0 Å². The maximum absolute atomic E-state index is 12.7. The van der Waals surface area contributed by atoms with Crippen LogP contribution in [0, 0.1) is 0 Å². The number of hydrogen-bond donors (Lipinski definition) is 2. The van der Waals surface area contributed by atoms with Crippen LogP contribution in [0.4, 0.5) is 4.79 Å². The average Bonchev–Trinajstić information content (AvgIpc) is 3.32. The van der Waals surface area contributed by atoms with Crippen molar-refractivity contribution in [2.45, 2.75) is 76.9 Å². The zero-order chi connectivity index (χ0) is 21.6. The Bertz CT molecular complexity index is 726. The van der Waals surface area contributed by atoms with Crippen molar-refractivity contribution in [3.8, 4) is 0 Å². The summed E-state index contributed by atoms with van der Waals surface area (Å²) in [7, 11) is 1.78. The summed E-state index contributed by atoms with van der Waals surface area (Å²) in [6.07, 6.45) is 8.01. The SMILES string of the molecule is CN=C(NCCCN(Cc1cccnc1)C(=O)OC(C)(C)C)NC1CC2CCC1O2.I. The van der Waals surface area contributed by atoms with Crippen molar-refractivity contribution in [1.29, 1.82) is 0 Å². The molecule has 2 saturated heterocycles. The second-order valence-corrected chi connectivity index (χ2v) is 8.98. The van der Waals surface area contributed by atoms with Gasteiger partial charge in [0, 0.05) is 32.5 Å². The summed E-state index contributed by atoms with van der Waals surface area (Å²) in [5.41, 5.74) is 0.446. The standard InChI is InChI=1S/C22H35N5O3.HI/c1-22(2,3)30-21(28)27(15-16-7-5-10-24-14-16)12-6-11-25-20(23-4)26-18-13-17-8-9-19(18)29-17;/h5,7,10,14,17-19H,6,8-9,11-13,15H2,1-4H3,(H2,23,25,26);1H. The molecule has 3 rings (SSSR count). The normalized spacial score (nSPS) is 22.6. The topological polar surface area (TPSA) is 88.1 Å². The largest absolute Gasteiger partial charge is 0.444 e. The molecule has 174 valence electrons. The fraction of sp³-hybridized carbons (Fsp3) is 0.682. The molecule has 0 radical (unpaired) electrons. The first kappa shape index (κ1) is 25.6. The molecule has 3 heterocycles. The van der Waals surface area contributed by atoms with Crippen molar-refractivity contribution < 1.29 is 14.3 Å². The quantitative estimate of drug-likeness (QED) is 0.237. The number of hydrogen-bond acceptors (Lipinski definition) is 5. The van der Waals surface area contributed by atoms with Crippen LogP contribution in [0.1, 0.15) is 52.0 Å². The summed E-state index contributed by atoms with van der Waals surface area (Å²) >= 11 is 0. The number of amides is 1. The van der Waals surface area contributed by atoms with Crippen LogP contribution in [-0.4, -0.2) is 65.9 Å². The van der Waals surface area contributed by atoms with E-state index in [4.69, 9.17) is 9.47 Å². The lowest BCUT2D eigenvalue weighted by molar-refractivity contribution is 0.0232. The van der Waals surface area contributed by atoms with E-state index in [1.165, 1.54) is 6.42 Å². The maximum Gasteiger partial charge on any atom is 0.410 e. The van der Waals surface area contributed by atoms with Gasteiger partial charge < -0.3 is 25.0 Å². The molecule has 1 aromatic heterocycles. The first-order valence-electron chi connectivity index (χ1n) is 10.8. The van der Waals surface area contributed by atoms with Crippen molar-refractivity contribution in [1.82, 2.24) is 20.5 Å². The van der Waals surface area contributed by atoms with Crippen molar-refractivity contribution in [3.05, 3.63) is 30.1 Å².